The van der Waals surface area contributed by atoms with E-state index in [1.807, 2.05) is 0 Å². The number of aliphatic carboxylic acids is 1. The molecule has 8 heteroatoms. The Bertz CT molecular complexity index is 781. The number of hydrogen-bond donors (Lipinski definition) is 1. The van der Waals surface area contributed by atoms with E-state index in [0.29, 0.717) is 0 Å². The molecule has 0 aliphatic rings. The third-order valence-corrected chi connectivity index (χ3v) is 3.08. The van der Waals surface area contributed by atoms with Crippen molar-refractivity contribution in [3.05, 3.63) is 26.7 Å². The summed E-state index contributed by atoms with van der Waals surface area (Å²) < 4.78 is 3.78. The molecule has 102 valence electrons. The van der Waals surface area contributed by atoms with Crippen LogP contribution in [0.1, 0.15) is 12.7 Å². The smallest absolute Gasteiger partial charge is 0.332 e. The molecule has 0 saturated carbocycles. The second-order valence-corrected chi connectivity index (χ2v) is 4.22. The number of carboxylic acid groups (broad SMARTS) is 1. The predicted octanol–water partition coefficient (Wildman–Crippen LogP) is -0.919. The fourth-order valence-electron chi connectivity index (χ4n) is 2.06. The molecule has 1 N–H and O–H groups in total. The van der Waals surface area contributed by atoms with Crippen LogP contribution in [0, 0.1) is 0 Å². The zero-order valence-electron chi connectivity index (χ0n) is 10.9. The first-order valence-corrected chi connectivity index (χ1v) is 5.75. The predicted molar refractivity (Wildman–Crippen MR) is 67.2 cm³/mol. The molecular weight excluding hydrogens is 252 g/mol. The zero-order valence-corrected chi connectivity index (χ0v) is 10.9. The van der Waals surface area contributed by atoms with Gasteiger partial charge in [0.1, 0.15) is 12.2 Å². The van der Waals surface area contributed by atoms with Gasteiger partial charge in [-0.3, -0.25) is 18.7 Å². The van der Waals surface area contributed by atoms with Crippen LogP contribution >= 0.6 is 0 Å². The molecule has 0 bridgehead atoms. The number of carbonyl (C=O) groups is 1. The van der Waals surface area contributed by atoms with Gasteiger partial charge in [-0.1, -0.05) is 0 Å². The highest BCUT2D eigenvalue weighted by atomic mass is 16.4. The van der Waals surface area contributed by atoms with Gasteiger partial charge in [-0.25, -0.2) is 9.78 Å². The number of aryl methyl sites for hydroxylation is 2. The van der Waals surface area contributed by atoms with Gasteiger partial charge in [-0.05, 0) is 6.92 Å². The van der Waals surface area contributed by atoms with Crippen LogP contribution in [0.2, 0.25) is 0 Å². The average molecular weight is 266 g/mol. The van der Waals surface area contributed by atoms with Crippen molar-refractivity contribution in [1.29, 1.82) is 0 Å². The lowest BCUT2D eigenvalue weighted by molar-refractivity contribution is -0.136. The van der Waals surface area contributed by atoms with Crippen LogP contribution in [0.4, 0.5) is 0 Å². The Hall–Kier alpha value is -2.38. The van der Waals surface area contributed by atoms with E-state index in [2.05, 4.69) is 4.98 Å². The molecular formula is C11H14N4O4. The molecule has 0 fully saturated rings. The molecule has 0 amide bonds. The maximum absolute atomic E-state index is 12.2. The van der Waals surface area contributed by atoms with E-state index in [1.165, 1.54) is 16.2 Å². The lowest BCUT2D eigenvalue weighted by atomic mass is 10.4. The van der Waals surface area contributed by atoms with Gasteiger partial charge in [0.2, 0.25) is 0 Å². The number of carboxylic acids is 1. The van der Waals surface area contributed by atoms with Gasteiger partial charge >= 0.3 is 11.7 Å². The number of nitrogens with zero attached hydrogens (tertiary/aromatic N) is 4. The lowest BCUT2D eigenvalue weighted by Crippen LogP contribution is -2.39. The molecule has 0 aliphatic heterocycles. The fraction of sp³-hybridized carbons (Fsp3) is 0.455. The Labute approximate surface area is 107 Å². The first-order chi connectivity index (χ1) is 8.88. The number of imidazole rings is 1. The van der Waals surface area contributed by atoms with Crippen molar-refractivity contribution in [3.63, 3.8) is 0 Å². The minimum absolute atomic E-state index is 0.207. The Balaban J connectivity index is 2.92. The second-order valence-electron chi connectivity index (χ2n) is 4.22. The van der Waals surface area contributed by atoms with Gasteiger partial charge in [0.15, 0.2) is 11.2 Å². The normalized spacial score (nSPS) is 11.1. The van der Waals surface area contributed by atoms with Gasteiger partial charge in [-0.2, -0.15) is 0 Å². The number of aromatic nitrogens is 4. The summed E-state index contributed by atoms with van der Waals surface area (Å²) in [5.41, 5.74) is -0.467. The molecule has 0 atom stereocenters. The van der Waals surface area contributed by atoms with Crippen LogP contribution in [-0.2, 0) is 31.9 Å². The summed E-state index contributed by atoms with van der Waals surface area (Å²) in [7, 11) is 3.08. The van der Waals surface area contributed by atoms with Crippen molar-refractivity contribution in [2.24, 2.45) is 14.1 Å². The molecule has 2 heterocycles. The first-order valence-electron chi connectivity index (χ1n) is 5.75. The number of rotatable bonds is 3. The fourth-order valence-corrected chi connectivity index (χ4v) is 2.06. The third kappa shape index (κ3) is 1.85. The molecule has 0 aliphatic carbocycles. The van der Waals surface area contributed by atoms with Crippen LogP contribution < -0.4 is 11.2 Å². The van der Waals surface area contributed by atoms with E-state index in [0.717, 1.165) is 4.57 Å². The second kappa shape index (κ2) is 4.38. The van der Waals surface area contributed by atoms with Gasteiger partial charge in [0.05, 0.1) is 0 Å². The van der Waals surface area contributed by atoms with Crippen molar-refractivity contribution >= 4 is 17.1 Å². The van der Waals surface area contributed by atoms with Gasteiger partial charge in [-0.15, -0.1) is 0 Å². The van der Waals surface area contributed by atoms with Crippen LogP contribution in [-0.4, -0.2) is 29.8 Å². The van der Waals surface area contributed by atoms with Crippen LogP contribution in [0.3, 0.4) is 0 Å². The maximum Gasteiger partial charge on any atom is 0.332 e. The minimum Gasteiger partial charge on any atom is -0.481 e. The molecule has 8 nitrogen and oxygen atoms in total. The molecule has 19 heavy (non-hydrogen) atoms. The van der Waals surface area contributed by atoms with Crippen molar-refractivity contribution in [3.8, 4) is 0 Å². The Kier molecular flexibility index (Phi) is 3.01. The highest BCUT2D eigenvalue weighted by Gasteiger charge is 2.18. The summed E-state index contributed by atoms with van der Waals surface area (Å²) >= 11 is 0. The van der Waals surface area contributed by atoms with Gasteiger partial charge in [0, 0.05) is 20.6 Å². The van der Waals surface area contributed by atoms with E-state index in [1.54, 1.807) is 14.0 Å². The summed E-state index contributed by atoms with van der Waals surface area (Å²) in [5, 5.41) is 8.81. The van der Waals surface area contributed by atoms with Crippen molar-refractivity contribution in [2.75, 3.05) is 0 Å². The summed E-state index contributed by atoms with van der Waals surface area (Å²) in [6.45, 7) is 1.95. The molecule has 0 radical (unpaired) electrons. The summed E-state index contributed by atoms with van der Waals surface area (Å²) in [6, 6.07) is 0. The summed E-state index contributed by atoms with van der Waals surface area (Å²) in [5.74, 6) is -0.803. The van der Waals surface area contributed by atoms with Crippen LogP contribution in [0.25, 0.3) is 11.2 Å². The standard InChI is InChI=1S/C11H14N4O4/c1-4-15-10(18)8-9(14(3)11(15)19)12-6(13(8)2)5-7(16)17/h4-5H2,1-3H3,(H,16,17). The van der Waals surface area contributed by atoms with E-state index >= 15 is 0 Å². The highest BCUT2D eigenvalue weighted by Crippen LogP contribution is 2.09. The minimum atomic E-state index is -1.04. The number of hydrogen-bond acceptors (Lipinski definition) is 4. The zero-order chi connectivity index (χ0) is 14.3. The van der Waals surface area contributed by atoms with Gasteiger partial charge in [0.25, 0.3) is 5.56 Å². The monoisotopic (exact) mass is 266 g/mol. The van der Waals surface area contributed by atoms with E-state index < -0.39 is 17.2 Å². The molecule has 0 spiro atoms. The van der Waals surface area contributed by atoms with E-state index in [-0.39, 0.29) is 30.0 Å². The lowest BCUT2D eigenvalue weighted by Gasteiger charge is -2.05. The maximum atomic E-state index is 12.2. The Morgan fingerprint density at radius 2 is 1.89 bits per heavy atom. The molecule has 0 unspecified atom stereocenters. The Morgan fingerprint density at radius 3 is 2.42 bits per heavy atom. The molecule has 2 aromatic heterocycles. The highest BCUT2D eigenvalue weighted by molar-refractivity contribution is 5.74. The van der Waals surface area contributed by atoms with Crippen molar-refractivity contribution < 1.29 is 9.90 Å². The molecule has 2 rings (SSSR count). The number of fused-ring (bicyclic) bond motifs is 1. The summed E-state index contributed by atoms with van der Waals surface area (Å²) in [6.07, 6.45) is -0.301. The summed E-state index contributed by atoms with van der Waals surface area (Å²) in [4.78, 5) is 39.0. The molecule has 0 aromatic carbocycles. The van der Waals surface area contributed by atoms with E-state index in [4.69, 9.17) is 5.11 Å². The topological polar surface area (TPSA) is 99.1 Å². The van der Waals surface area contributed by atoms with Crippen molar-refractivity contribution in [2.45, 2.75) is 19.9 Å². The van der Waals surface area contributed by atoms with Crippen molar-refractivity contribution in [1.82, 2.24) is 18.7 Å². The van der Waals surface area contributed by atoms with Gasteiger partial charge < -0.3 is 9.67 Å². The molecule has 2 aromatic rings. The van der Waals surface area contributed by atoms with Crippen LogP contribution in [0.5, 0.6) is 0 Å². The SMILES string of the molecule is CCn1c(=O)c2c(nc(CC(=O)O)n2C)n(C)c1=O. The Morgan fingerprint density at radius 1 is 1.26 bits per heavy atom. The van der Waals surface area contributed by atoms with Crippen LogP contribution in [0.15, 0.2) is 9.59 Å². The third-order valence-electron chi connectivity index (χ3n) is 3.08. The average Bonchev–Trinajstić information content (AvgIpc) is 2.65. The van der Waals surface area contributed by atoms with E-state index in [9.17, 15) is 14.4 Å². The molecule has 0 saturated heterocycles. The quantitative estimate of drug-likeness (QED) is 0.774. The first kappa shape index (κ1) is 13.1. The largest absolute Gasteiger partial charge is 0.481 e.